The second kappa shape index (κ2) is 4.78. The van der Waals surface area contributed by atoms with E-state index >= 15 is 0 Å². The second-order valence-electron chi connectivity index (χ2n) is 3.75. The van der Waals surface area contributed by atoms with Crippen LogP contribution in [0.15, 0.2) is 42.5 Å². The lowest BCUT2D eigenvalue weighted by atomic mass is 10.1. The lowest BCUT2D eigenvalue weighted by Crippen LogP contribution is -2.04. The van der Waals surface area contributed by atoms with Gasteiger partial charge in [0, 0.05) is 5.56 Å². The Morgan fingerprint density at radius 1 is 1.06 bits per heavy atom. The molecule has 2 aromatic rings. The summed E-state index contributed by atoms with van der Waals surface area (Å²) in [7, 11) is 0. The molecule has 0 saturated carbocycles. The van der Waals surface area contributed by atoms with Gasteiger partial charge in [-0.25, -0.2) is 0 Å². The number of rotatable bonds is 2. The van der Waals surface area contributed by atoms with Gasteiger partial charge in [-0.15, -0.1) is 0 Å². The summed E-state index contributed by atoms with van der Waals surface area (Å²) in [6.45, 7) is -0.243. The smallest absolute Gasteiger partial charge is 0.390 e. The van der Waals surface area contributed by atoms with Crippen LogP contribution in [0.3, 0.4) is 0 Å². The first-order valence-corrected chi connectivity index (χ1v) is 5.25. The Hall–Kier alpha value is -1.88. The number of aliphatic hydroxyl groups is 1. The molecular weight excluding hydrogens is 243 g/mol. The summed E-state index contributed by atoms with van der Waals surface area (Å²) in [5, 5.41) is 8.95. The van der Waals surface area contributed by atoms with E-state index in [0.717, 1.165) is 12.1 Å². The maximum atomic E-state index is 12.6. The van der Waals surface area contributed by atoms with E-state index in [1.807, 2.05) is 0 Å². The molecule has 0 atom stereocenters. The highest BCUT2D eigenvalue weighted by molar-refractivity contribution is 5.60. The summed E-state index contributed by atoms with van der Waals surface area (Å²) >= 11 is 0. The number of halogens is 3. The molecule has 18 heavy (non-hydrogen) atoms. The van der Waals surface area contributed by atoms with E-state index in [1.165, 1.54) is 6.07 Å². The molecule has 0 aliphatic heterocycles. The topological polar surface area (TPSA) is 33.1 Å². The van der Waals surface area contributed by atoms with Crippen molar-refractivity contribution >= 4 is 0 Å². The summed E-state index contributed by atoms with van der Waals surface area (Å²) in [4.78, 5) is 4.07. The van der Waals surface area contributed by atoms with Crippen molar-refractivity contribution in [1.82, 2.24) is 4.98 Å². The first-order chi connectivity index (χ1) is 8.50. The van der Waals surface area contributed by atoms with Crippen LogP contribution >= 0.6 is 0 Å². The predicted octanol–water partition coefficient (Wildman–Crippen LogP) is 3.26. The highest BCUT2D eigenvalue weighted by atomic mass is 19.4. The molecule has 1 N–H and O–H groups in total. The number of benzene rings is 1. The number of aromatic nitrogens is 1. The van der Waals surface area contributed by atoms with Crippen molar-refractivity contribution in [2.45, 2.75) is 12.8 Å². The van der Waals surface area contributed by atoms with Crippen LogP contribution in [-0.2, 0) is 12.8 Å². The lowest BCUT2D eigenvalue weighted by Gasteiger charge is -2.08. The van der Waals surface area contributed by atoms with Gasteiger partial charge in [-0.05, 0) is 24.3 Å². The van der Waals surface area contributed by atoms with Crippen LogP contribution in [0.25, 0.3) is 11.3 Å². The molecule has 2 rings (SSSR count). The molecule has 0 bridgehead atoms. The van der Waals surface area contributed by atoms with E-state index in [2.05, 4.69) is 4.98 Å². The standard InChI is InChI=1S/C13H10F3NO/c14-13(15,16)10-4-1-3-9(7-10)12-6-2-5-11(8-18)17-12/h1-7,18H,8H2. The fourth-order valence-electron chi connectivity index (χ4n) is 1.58. The van der Waals surface area contributed by atoms with Gasteiger partial charge in [0.15, 0.2) is 0 Å². The fourth-order valence-corrected chi connectivity index (χ4v) is 1.58. The molecule has 0 unspecified atom stereocenters. The van der Waals surface area contributed by atoms with Crippen LogP contribution in [0.1, 0.15) is 11.3 Å². The summed E-state index contributed by atoms with van der Waals surface area (Å²) in [6.07, 6.45) is -4.37. The minimum atomic E-state index is -4.37. The van der Waals surface area contributed by atoms with Crippen molar-refractivity contribution in [3.05, 3.63) is 53.7 Å². The van der Waals surface area contributed by atoms with Crippen LogP contribution in [0.4, 0.5) is 13.2 Å². The maximum Gasteiger partial charge on any atom is 0.416 e. The molecule has 1 aromatic carbocycles. The Morgan fingerprint density at radius 3 is 2.44 bits per heavy atom. The van der Waals surface area contributed by atoms with Crippen LogP contribution < -0.4 is 0 Å². The Balaban J connectivity index is 2.44. The van der Waals surface area contributed by atoms with Crippen molar-refractivity contribution in [2.24, 2.45) is 0 Å². The van der Waals surface area contributed by atoms with Gasteiger partial charge >= 0.3 is 6.18 Å². The van der Waals surface area contributed by atoms with Crippen molar-refractivity contribution in [1.29, 1.82) is 0 Å². The number of aliphatic hydroxyl groups excluding tert-OH is 1. The SMILES string of the molecule is OCc1cccc(-c2cccc(C(F)(F)F)c2)n1. The predicted molar refractivity (Wildman–Crippen MR) is 60.6 cm³/mol. The highest BCUT2D eigenvalue weighted by Crippen LogP contribution is 2.31. The van der Waals surface area contributed by atoms with E-state index in [1.54, 1.807) is 24.3 Å². The zero-order chi connectivity index (χ0) is 13.2. The Morgan fingerprint density at radius 2 is 1.78 bits per heavy atom. The Bertz CT molecular complexity index is 552. The molecule has 2 nitrogen and oxygen atoms in total. The average molecular weight is 253 g/mol. The van der Waals surface area contributed by atoms with Gasteiger partial charge in [0.1, 0.15) is 0 Å². The average Bonchev–Trinajstić information content (AvgIpc) is 2.38. The van der Waals surface area contributed by atoms with E-state index in [4.69, 9.17) is 5.11 Å². The normalized spacial score (nSPS) is 11.6. The molecule has 0 aliphatic carbocycles. The Labute approximate surface area is 102 Å². The van der Waals surface area contributed by atoms with Crippen molar-refractivity contribution in [2.75, 3.05) is 0 Å². The summed E-state index contributed by atoms with van der Waals surface area (Å²) in [6, 6.07) is 9.81. The monoisotopic (exact) mass is 253 g/mol. The molecule has 5 heteroatoms. The lowest BCUT2D eigenvalue weighted by molar-refractivity contribution is -0.137. The van der Waals surface area contributed by atoms with E-state index in [0.29, 0.717) is 17.0 Å². The largest absolute Gasteiger partial charge is 0.416 e. The zero-order valence-electron chi connectivity index (χ0n) is 9.28. The molecular formula is C13H10F3NO. The Kier molecular flexibility index (Phi) is 3.34. The quantitative estimate of drug-likeness (QED) is 0.891. The maximum absolute atomic E-state index is 12.6. The van der Waals surface area contributed by atoms with Gasteiger partial charge in [-0.2, -0.15) is 13.2 Å². The second-order valence-corrected chi connectivity index (χ2v) is 3.75. The molecule has 0 radical (unpaired) electrons. The molecule has 0 saturated heterocycles. The van der Waals surface area contributed by atoms with Crippen LogP contribution in [-0.4, -0.2) is 10.1 Å². The minimum Gasteiger partial charge on any atom is -0.390 e. The molecule has 0 aliphatic rings. The van der Waals surface area contributed by atoms with Gasteiger partial charge in [0.2, 0.25) is 0 Å². The number of pyridine rings is 1. The van der Waals surface area contributed by atoms with Crippen LogP contribution in [0, 0.1) is 0 Å². The fraction of sp³-hybridized carbons (Fsp3) is 0.154. The third kappa shape index (κ3) is 2.68. The zero-order valence-corrected chi connectivity index (χ0v) is 9.28. The summed E-state index contributed by atoms with van der Waals surface area (Å²) < 4.78 is 37.7. The molecule has 0 fully saturated rings. The van der Waals surface area contributed by atoms with Gasteiger partial charge in [-0.1, -0.05) is 18.2 Å². The minimum absolute atomic E-state index is 0.243. The van der Waals surface area contributed by atoms with Crippen LogP contribution in [0.5, 0.6) is 0 Å². The van der Waals surface area contributed by atoms with Gasteiger partial charge in [-0.3, -0.25) is 4.98 Å². The summed E-state index contributed by atoms with van der Waals surface area (Å²) in [5.74, 6) is 0. The van der Waals surface area contributed by atoms with Gasteiger partial charge in [0.05, 0.1) is 23.6 Å². The molecule has 94 valence electrons. The highest BCUT2D eigenvalue weighted by Gasteiger charge is 2.30. The van der Waals surface area contributed by atoms with Gasteiger partial charge in [0.25, 0.3) is 0 Å². The van der Waals surface area contributed by atoms with Crippen molar-refractivity contribution < 1.29 is 18.3 Å². The third-order valence-electron chi connectivity index (χ3n) is 2.45. The molecule has 0 amide bonds. The number of alkyl halides is 3. The van der Waals surface area contributed by atoms with Crippen molar-refractivity contribution in [3.8, 4) is 11.3 Å². The first-order valence-electron chi connectivity index (χ1n) is 5.25. The number of hydrogen-bond acceptors (Lipinski definition) is 2. The van der Waals surface area contributed by atoms with Crippen LogP contribution in [0.2, 0.25) is 0 Å². The molecule has 1 aromatic heterocycles. The van der Waals surface area contributed by atoms with Gasteiger partial charge < -0.3 is 5.11 Å². The molecule has 1 heterocycles. The summed E-state index contributed by atoms with van der Waals surface area (Å²) in [5.41, 5.74) is 0.494. The van der Waals surface area contributed by atoms with Crippen molar-refractivity contribution in [3.63, 3.8) is 0 Å². The third-order valence-corrected chi connectivity index (χ3v) is 2.45. The first kappa shape index (κ1) is 12.6. The number of hydrogen-bond donors (Lipinski definition) is 1. The number of nitrogens with zero attached hydrogens (tertiary/aromatic N) is 1. The van der Waals surface area contributed by atoms with E-state index in [-0.39, 0.29) is 6.61 Å². The van der Waals surface area contributed by atoms with E-state index in [9.17, 15) is 13.2 Å². The molecule has 0 spiro atoms. The van der Waals surface area contributed by atoms with E-state index < -0.39 is 11.7 Å².